The molecule has 0 bridgehead atoms. The monoisotopic (exact) mass is 391 g/mol. The number of anilines is 2. The Kier molecular flexibility index (Phi) is 7.02. The second-order valence-corrected chi connectivity index (χ2v) is 5.88. The van der Waals surface area contributed by atoms with Crippen molar-refractivity contribution >= 4 is 29.3 Å². The maximum Gasteiger partial charge on any atom is 0.329 e. The van der Waals surface area contributed by atoms with Crippen LogP contribution in [0.3, 0.4) is 0 Å². The highest BCUT2D eigenvalue weighted by Crippen LogP contribution is 2.15. The van der Waals surface area contributed by atoms with Crippen LogP contribution in [0.4, 0.5) is 25.0 Å². The first-order chi connectivity index (χ1) is 13.3. The van der Waals surface area contributed by atoms with Crippen LogP contribution in [-0.4, -0.2) is 30.1 Å². The Morgan fingerprint density at radius 2 is 1.64 bits per heavy atom. The maximum absolute atomic E-state index is 13.6. The van der Waals surface area contributed by atoms with Crippen LogP contribution >= 0.6 is 0 Å². The third-order valence-electron chi connectivity index (χ3n) is 3.58. The van der Waals surface area contributed by atoms with Gasteiger partial charge in [0.1, 0.15) is 17.7 Å². The molecule has 0 fully saturated rings. The molecule has 148 valence electrons. The zero-order chi connectivity index (χ0) is 20.7. The lowest BCUT2D eigenvalue weighted by Gasteiger charge is -2.18. The fraction of sp³-hybridized carbons (Fsp3) is 0.211. The predicted octanol–water partition coefficient (Wildman–Crippen LogP) is 3.05. The lowest BCUT2D eigenvalue weighted by atomic mass is 10.2. The molecule has 3 N–H and O–H groups in total. The van der Waals surface area contributed by atoms with Crippen LogP contribution in [0.2, 0.25) is 0 Å². The second kappa shape index (κ2) is 9.45. The standard InChI is InChI=1S/C19H19F2N3O4/c1-11(22-19(27)23-14-6-4-3-5-7-14)18(26)28-12(2)17(25)24-16-9-8-13(20)10-15(16)21/h3-12H,1-2H3,(H,24,25)(H2,22,23,27)/t11-,12+/m0/s1. The number of hydrogen-bond acceptors (Lipinski definition) is 4. The van der Waals surface area contributed by atoms with Gasteiger partial charge in [-0.2, -0.15) is 0 Å². The van der Waals surface area contributed by atoms with Crippen molar-refractivity contribution < 1.29 is 27.9 Å². The van der Waals surface area contributed by atoms with Crippen molar-refractivity contribution in [1.82, 2.24) is 5.32 Å². The average molecular weight is 391 g/mol. The van der Waals surface area contributed by atoms with Gasteiger partial charge >= 0.3 is 12.0 Å². The van der Waals surface area contributed by atoms with Crippen molar-refractivity contribution in [3.05, 3.63) is 60.2 Å². The number of benzene rings is 2. The summed E-state index contributed by atoms with van der Waals surface area (Å²) in [5.74, 6) is -3.41. The van der Waals surface area contributed by atoms with Crippen molar-refractivity contribution in [2.24, 2.45) is 0 Å². The van der Waals surface area contributed by atoms with E-state index in [2.05, 4.69) is 16.0 Å². The van der Waals surface area contributed by atoms with Crippen molar-refractivity contribution in [2.45, 2.75) is 26.0 Å². The SMILES string of the molecule is C[C@H](NC(=O)Nc1ccccc1)C(=O)O[C@H](C)C(=O)Nc1ccc(F)cc1F. The van der Waals surface area contributed by atoms with E-state index in [1.807, 2.05) is 0 Å². The van der Waals surface area contributed by atoms with Gasteiger partial charge in [0.15, 0.2) is 6.10 Å². The maximum atomic E-state index is 13.6. The second-order valence-electron chi connectivity index (χ2n) is 5.88. The van der Waals surface area contributed by atoms with Crippen LogP contribution in [0.15, 0.2) is 48.5 Å². The molecule has 9 heteroatoms. The van der Waals surface area contributed by atoms with Crippen LogP contribution in [-0.2, 0) is 14.3 Å². The molecule has 2 rings (SSSR count). The molecule has 0 saturated heterocycles. The number of ether oxygens (including phenoxy) is 1. The Morgan fingerprint density at radius 3 is 2.29 bits per heavy atom. The molecule has 0 saturated carbocycles. The Balaban J connectivity index is 1.84. The van der Waals surface area contributed by atoms with Gasteiger partial charge in [-0.3, -0.25) is 4.79 Å². The van der Waals surface area contributed by atoms with Crippen molar-refractivity contribution in [3.63, 3.8) is 0 Å². The Hall–Kier alpha value is -3.49. The van der Waals surface area contributed by atoms with Crippen molar-refractivity contribution in [1.29, 1.82) is 0 Å². The van der Waals surface area contributed by atoms with E-state index in [4.69, 9.17) is 4.74 Å². The van der Waals surface area contributed by atoms with Crippen molar-refractivity contribution in [3.8, 4) is 0 Å². The fourth-order valence-electron chi connectivity index (χ4n) is 2.10. The van der Waals surface area contributed by atoms with Crippen LogP contribution in [0, 0.1) is 11.6 Å². The van der Waals surface area contributed by atoms with Gasteiger partial charge in [0.25, 0.3) is 5.91 Å². The van der Waals surface area contributed by atoms with Crippen LogP contribution in [0.5, 0.6) is 0 Å². The summed E-state index contributed by atoms with van der Waals surface area (Å²) in [6.07, 6.45) is -1.27. The molecule has 7 nitrogen and oxygen atoms in total. The van der Waals surface area contributed by atoms with E-state index in [0.717, 1.165) is 12.1 Å². The van der Waals surface area contributed by atoms with Gasteiger partial charge < -0.3 is 20.7 Å². The van der Waals surface area contributed by atoms with Gasteiger partial charge in [0.2, 0.25) is 0 Å². The molecule has 0 aliphatic heterocycles. The summed E-state index contributed by atoms with van der Waals surface area (Å²) in [5, 5.41) is 7.11. The average Bonchev–Trinajstić information content (AvgIpc) is 2.64. The summed E-state index contributed by atoms with van der Waals surface area (Å²) in [6, 6.07) is 9.57. The van der Waals surface area contributed by atoms with Gasteiger partial charge in [-0.05, 0) is 38.1 Å². The highest BCUT2D eigenvalue weighted by molar-refractivity contribution is 5.96. The quantitative estimate of drug-likeness (QED) is 0.660. The number of esters is 1. The molecule has 3 amide bonds. The van der Waals surface area contributed by atoms with Gasteiger partial charge in [0.05, 0.1) is 5.69 Å². The van der Waals surface area contributed by atoms with Crippen LogP contribution < -0.4 is 16.0 Å². The van der Waals surface area contributed by atoms with E-state index < -0.39 is 41.7 Å². The first-order valence-corrected chi connectivity index (χ1v) is 8.35. The van der Waals surface area contributed by atoms with E-state index in [1.54, 1.807) is 30.3 Å². The molecule has 2 aromatic carbocycles. The van der Waals surface area contributed by atoms with Gasteiger partial charge in [0, 0.05) is 11.8 Å². The van der Waals surface area contributed by atoms with E-state index >= 15 is 0 Å². The van der Waals surface area contributed by atoms with Gasteiger partial charge in [-0.1, -0.05) is 18.2 Å². The number of halogens is 2. The van der Waals surface area contributed by atoms with E-state index in [1.165, 1.54) is 13.8 Å². The highest BCUT2D eigenvalue weighted by Gasteiger charge is 2.24. The Bertz CT molecular complexity index is 862. The Labute approximate surface area is 160 Å². The summed E-state index contributed by atoms with van der Waals surface area (Å²) in [5.41, 5.74) is 0.289. The smallest absolute Gasteiger partial charge is 0.329 e. The molecule has 0 aromatic heterocycles. The van der Waals surface area contributed by atoms with Crippen molar-refractivity contribution in [2.75, 3.05) is 10.6 Å². The molecule has 2 aromatic rings. The zero-order valence-electron chi connectivity index (χ0n) is 15.2. The number of nitrogens with one attached hydrogen (secondary N) is 3. The third-order valence-corrected chi connectivity index (χ3v) is 3.58. The number of rotatable bonds is 6. The predicted molar refractivity (Wildman–Crippen MR) is 98.6 cm³/mol. The summed E-state index contributed by atoms with van der Waals surface area (Å²) in [4.78, 5) is 35.9. The van der Waals surface area contributed by atoms with Gasteiger partial charge in [-0.25, -0.2) is 18.4 Å². The molecule has 2 atom stereocenters. The molecule has 0 unspecified atom stereocenters. The minimum atomic E-state index is -1.27. The minimum absolute atomic E-state index is 0.247. The first-order valence-electron chi connectivity index (χ1n) is 8.35. The number of urea groups is 1. The zero-order valence-corrected chi connectivity index (χ0v) is 15.2. The molecule has 0 aliphatic carbocycles. The Morgan fingerprint density at radius 1 is 0.964 bits per heavy atom. The molecular weight excluding hydrogens is 372 g/mol. The van der Waals surface area contributed by atoms with Crippen LogP contribution in [0.1, 0.15) is 13.8 Å². The number of carbonyl (C=O) groups is 3. The molecule has 28 heavy (non-hydrogen) atoms. The largest absolute Gasteiger partial charge is 0.451 e. The van der Waals surface area contributed by atoms with E-state index in [9.17, 15) is 23.2 Å². The lowest BCUT2D eigenvalue weighted by Crippen LogP contribution is -2.44. The summed E-state index contributed by atoms with van der Waals surface area (Å²) >= 11 is 0. The molecule has 0 heterocycles. The fourth-order valence-corrected chi connectivity index (χ4v) is 2.10. The first kappa shape index (κ1) is 20.8. The summed E-state index contributed by atoms with van der Waals surface area (Å²) < 4.78 is 31.4. The van der Waals surface area contributed by atoms with E-state index in [0.29, 0.717) is 11.8 Å². The van der Waals surface area contributed by atoms with Gasteiger partial charge in [-0.15, -0.1) is 0 Å². The molecule has 0 spiro atoms. The number of carbonyl (C=O) groups excluding carboxylic acids is 3. The summed E-state index contributed by atoms with van der Waals surface area (Å²) in [7, 11) is 0. The third kappa shape index (κ3) is 6.04. The van der Waals surface area contributed by atoms with E-state index in [-0.39, 0.29) is 5.69 Å². The number of hydrogen-bond donors (Lipinski definition) is 3. The number of para-hydroxylation sites is 1. The molecule has 0 aliphatic rings. The lowest BCUT2D eigenvalue weighted by molar-refractivity contribution is -0.154. The number of amides is 3. The topological polar surface area (TPSA) is 96.5 Å². The molecule has 0 radical (unpaired) electrons. The minimum Gasteiger partial charge on any atom is -0.451 e. The summed E-state index contributed by atoms with van der Waals surface area (Å²) in [6.45, 7) is 2.67. The normalized spacial score (nSPS) is 12.4. The van der Waals surface area contributed by atoms with Crippen LogP contribution in [0.25, 0.3) is 0 Å². The molecular formula is C19H19F2N3O4. The highest BCUT2D eigenvalue weighted by atomic mass is 19.1.